The SMILES string of the molecule is CCCCCCCC(=O)c1ccc(CCC(C)(N)CCO)cc1.Cl. The van der Waals surface area contributed by atoms with Gasteiger partial charge in [-0.3, -0.25) is 4.79 Å². The monoisotopic (exact) mass is 355 g/mol. The van der Waals surface area contributed by atoms with E-state index in [-0.39, 0.29) is 30.3 Å². The molecule has 0 saturated carbocycles. The Kier molecular flexibility index (Phi) is 12.0. The number of aliphatic hydroxyl groups excluding tert-OH is 1. The van der Waals surface area contributed by atoms with E-state index in [1.165, 1.54) is 24.8 Å². The first-order chi connectivity index (χ1) is 11.0. The van der Waals surface area contributed by atoms with Gasteiger partial charge in [-0.2, -0.15) is 0 Å². The van der Waals surface area contributed by atoms with Crippen LogP contribution >= 0.6 is 12.4 Å². The maximum Gasteiger partial charge on any atom is 0.162 e. The summed E-state index contributed by atoms with van der Waals surface area (Å²) in [7, 11) is 0. The van der Waals surface area contributed by atoms with Gasteiger partial charge < -0.3 is 10.8 Å². The number of halogens is 1. The molecule has 0 aliphatic carbocycles. The average molecular weight is 356 g/mol. The average Bonchev–Trinajstić information content (AvgIpc) is 2.53. The fourth-order valence-corrected chi connectivity index (χ4v) is 2.70. The minimum Gasteiger partial charge on any atom is -0.396 e. The Hall–Kier alpha value is -0.900. The van der Waals surface area contributed by atoms with Gasteiger partial charge in [-0.25, -0.2) is 0 Å². The highest BCUT2D eigenvalue weighted by Gasteiger charge is 2.17. The van der Waals surface area contributed by atoms with E-state index < -0.39 is 0 Å². The molecule has 138 valence electrons. The van der Waals surface area contributed by atoms with Gasteiger partial charge in [0, 0.05) is 24.1 Å². The summed E-state index contributed by atoms with van der Waals surface area (Å²) in [5.41, 5.74) is 7.81. The van der Waals surface area contributed by atoms with E-state index in [0.717, 1.165) is 31.2 Å². The number of ketones is 1. The molecule has 1 atom stereocenters. The molecular formula is C20H34ClNO2. The molecule has 24 heavy (non-hydrogen) atoms. The van der Waals surface area contributed by atoms with E-state index in [9.17, 15) is 4.79 Å². The normalized spacial score (nSPS) is 13.2. The highest BCUT2D eigenvalue weighted by atomic mass is 35.5. The van der Waals surface area contributed by atoms with Crippen molar-refractivity contribution in [3.05, 3.63) is 35.4 Å². The first-order valence-electron chi connectivity index (χ1n) is 9.00. The third kappa shape index (κ3) is 9.41. The molecule has 0 aliphatic rings. The van der Waals surface area contributed by atoms with Gasteiger partial charge in [0.1, 0.15) is 0 Å². The highest BCUT2D eigenvalue weighted by molar-refractivity contribution is 5.96. The van der Waals surface area contributed by atoms with Crippen LogP contribution in [0.15, 0.2) is 24.3 Å². The maximum absolute atomic E-state index is 12.1. The Balaban J connectivity index is 0.00000529. The molecule has 0 saturated heterocycles. The number of Topliss-reactive ketones (excluding diaryl/α,β-unsaturated/α-hetero) is 1. The summed E-state index contributed by atoms with van der Waals surface area (Å²) in [4.78, 5) is 12.1. The Morgan fingerprint density at radius 1 is 1.08 bits per heavy atom. The molecule has 1 aromatic rings. The molecule has 3 nitrogen and oxygen atoms in total. The van der Waals surface area contributed by atoms with Gasteiger partial charge in [0.05, 0.1) is 0 Å². The number of carbonyl (C=O) groups excluding carboxylic acids is 1. The second kappa shape index (κ2) is 12.5. The van der Waals surface area contributed by atoms with Crippen molar-refractivity contribution < 1.29 is 9.90 Å². The smallest absolute Gasteiger partial charge is 0.162 e. The van der Waals surface area contributed by atoms with E-state index in [1.54, 1.807) is 0 Å². The van der Waals surface area contributed by atoms with Crippen LogP contribution in [0.4, 0.5) is 0 Å². The zero-order chi connectivity index (χ0) is 17.1. The summed E-state index contributed by atoms with van der Waals surface area (Å²) in [5, 5.41) is 9.00. The lowest BCUT2D eigenvalue weighted by Crippen LogP contribution is -2.37. The minimum absolute atomic E-state index is 0. The molecule has 0 bridgehead atoms. The molecular weight excluding hydrogens is 322 g/mol. The number of aryl methyl sites for hydroxylation is 1. The van der Waals surface area contributed by atoms with Gasteiger partial charge in [0.25, 0.3) is 0 Å². The quantitative estimate of drug-likeness (QED) is 0.422. The third-order valence-electron chi connectivity index (χ3n) is 4.45. The van der Waals surface area contributed by atoms with Crippen LogP contribution < -0.4 is 5.73 Å². The molecule has 0 radical (unpaired) electrons. The number of benzene rings is 1. The second-order valence-electron chi connectivity index (χ2n) is 6.91. The summed E-state index contributed by atoms with van der Waals surface area (Å²) in [5.74, 6) is 0.247. The molecule has 1 unspecified atom stereocenters. The predicted octanol–water partition coefficient (Wildman–Crippen LogP) is 4.68. The van der Waals surface area contributed by atoms with Crippen molar-refractivity contribution in [1.29, 1.82) is 0 Å². The molecule has 1 aromatic carbocycles. The lowest BCUT2D eigenvalue weighted by atomic mass is 9.91. The molecule has 1 rings (SSSR count). The van der Waals surface area contributed by atoms with E-state index in [1.807, 2.05) is 31.2 Å². The van der Waals surface area contributed by atoms with Crippen LogP contribution in [0.1, 0.15) is 81.1 Å². The van der Waals surface area contributed by atoms with Crippen molar-refractivity contribution in [3.63, 3.8) is 0 Å². The molecule has 4 heteroatoms. The van der Waals surface area contributed by atoms with Crippen molar-refractivity contribution in [1.82, 2.24) is 0 Å². The second-order valence-corrected chi connectivity index (χ2v) is 6.91. The van der Waals surface area contributed by atoms with E-state index >= 15 is 0 Å². The zero-order valence-electron chi connectivity index (χ0n) is 15.2. The molecule has 0 amide bonds. The molecule has 0 aliphatic heterocycles. The fourth-order valence-electron chi connectivity index (χ4n) is 2.70. The number of hydrogen-bond acceptors (Lipinski definition) is 3. The topological polar surface area (TPSA) is 63.3 Å². The molecule has 3 N–H and O–H groups in total. The number of aliphatic hydroxyl groups is 1. The molecule has 0 aromatic heterocycles. The van der Waals surface area contributed by atoms with Gasteiger partial charge in [0.2, 0.25) is 0 Å². The Morgan fingerprint density at radius 2 is 1.71 bits per heavy atom. The van der Waals surface area contributed by atoms with Crippen LogP contribution in [-0.2, 0) is 6.42 Å². The van der Waals surface area contributed by atoms with Crippen LogP contribution in [-0.4, -0.2) is 23.0 Å². The number of hydrogen-bond donors (Lipinski definition) is 2. The molecule has 0 heterocycles. The van der Waals surface area contributed by atoms with Gasteiger partial charge in [-0.1, -0.05) is 56.9 Å². The van der Waals surface area contributed by atoms with Crippen LogP contribution in [0, 0.1) is 0 Å². The largest absolute Gasteiger partial charge is 0.396 e. The first-order valence-corrected chi connectivity index (χ1v) is 9.00. The summed E-state index contributed by atoms with van der Waals surface area (Å²) in [6, 6.07) is 7.92. The van der Waals surface area contributed by atoms with Crippen molar-refractivity contribution >= 4 is 18.2 Å². The van der Waals surface area contributed by atoms with Gasteiger partial charge in [-0.15, -0.1) is 12.4 Å². The van der Waals surface area contributed by atoms with Crippen LogP contribution in [0.3, 0.4) is 0 Å². The van der Waals surface area contributed by atoms with Crippen molar-refractivity contribution in [3.8, 4) is 0 Å². The van der Waals surface area contributed by atoms with Gasteiger partial charge in [0.15, 0.2) is 5.78 Å². The Labute approximate surface area is 153 Å². The van der Waals surface area contributed by atoms with E-state index in [4.69, 9.17) is 10.8 Å². The lowest BCUT2D eigenvalue weighted by molar-refractivity contribution is 0.0979. The zero-order valence-corrected chi connectivity index (χ0v) is 16.0. The van der Waals surface area contributed by atoms with E-state index in [2.05, 4.69) is 6.92 Å². The first kappa shape index (κ1) is 23.1. The third-order valence-corrected chi connectivity index (χ3v) is 4.45. The summed E-state index contributed by atoms with van der Waals surface area (Å²) < 4.78 is 0. The number of rotatable bonds is 12. The van der Waals surface area contributed by atoms with Crippen molar-refractivity contribution in [2.24, 2.45) is 5.73 Å². The summed E-state index contributed by atoms with van der Waals surface area (Å²) >= 11 is 0. The fraction of sp³-hybridized carbons (Fsp3) is 0.650. The number of unbranched alkanes of at least 4 members (excludes halogenated alkanes) is 4. The number of carbonyl (C=O) groups is 1. The highest BCUT2D eigenvalue weighted by Crippen LogP contribution is 2.16. The van der Waals surface area contributed by atoms with Crippen LogP contribution in [0.5, 0.6) is 0 Å². The van der Waals surface area contributed by atoms with Crippen LogP contribution in [0.2, 0.25) is 0 Å². The Bertz CT molecular complexity index is 457. The molecule has 0 spiro atoms. The van der Waals surface area contributed by atoms with Crippen LogP contribution in [0.25, 0.3) is 0 Å². The lowest BCUT2D eigenvalue weighted by Gasteiger charge is -2.23. The van der Waals surface area contributed by atoms with Crippen molar-refractivity contribution in [2.75, 3.05) is 6.61 Å². The minimum atomic E-state index is -0.332. The summed E-state index contributed by atoms with van der Waals surface area (Å²) in [6.07, 6.45) is 8.84. The standard InChI is InChI=1S/C20H33NO2.ClH/c1-3-4-5-6-7-8-19(23)18-11-9-17(10-12-18)13-14-20(2,21)15-16-22;/h9-12,22H,3-8,13-16,21H2,1-2H3;1H. The van der Waals surface area contributed by atoms with E-state index in [0.29, 0.717) is 12.8 Å². The number of nitrogens with two attached hydrogens (primary N) is 1. The predicted molar refractivity (Wildman–Crippen MR) is 104 cm³/mol. The Morgan fingerprint density at radius 3 is 2.29 bits per heavy atom. The van der Waals surface area contributed by atoms with Gasteiger partial charge >= 0.3 is 0 Å². The maximum atomic E-state index is 12.1. The summed E-state index contributed by atoms with van der Waals surface area (Å²) in [6.45, 7) is 4.29. The van der Waals surface area contributed by atoms with Crippen molar-refractivity contribution in [2.45, 2.75) is 77.2 Å². The van der Waals surface area contributed by atoms with Gasteiger partial charge in [-0.05, 0) is 38.2 Å². The molecule has 0 fully saturated rings.